The molecule has 130 valence electrons. The molecule has 0 bridgehead atoms. The third kappa shape index (κ3) is 4.48. The summed E-state index contributed by atoms with van der Waals surface area (Å²) in [6.07, 6.45) is 0. The number of esters is 1. The van der Waals surface area contributed by atoms with E-state index in [2.05, 4.69) is 10.6 Å². The van der Waals surface area contributed by atoms with E-state index in [0.717, 1.165) is 0 Å². The Kier molecular flexibility index (Phi) is 5.14. The summed E-state index contributed by atoms with van der Waals surface area (Å²) >= 11 is 1.34. The molecule has 1 aliphatic rings. The highest BCUT2D eigenvalue weighted by molar-refractivity contribution is 7.08. The van der Waals surface area contributed by atoms with E-state index in [-0.39, 0.29) is 0 Å². The van der Waals surface area contributed by atoms with Gasteiger partial charge < -0.3 is 19.5 Å². The van der Waals surface area contributed by atoms with Gasteiger partial charge in [0.15, 0.2) is 18.1 Å². The number of imide groups is 1. The highest BCUT2D eigenvalue weighted by atomic mass is 32.1. The minimum Gasteiger partial charge on any atom is -0.486 e. The number of fused-ring (bicyclic) bond motifs is 1. The number of hydrogen-bond donors (Lipinski definition) is 2. The Labute approximate surface area is 146 Å². The molecule has 9 heteroatoms. The number of carbonyl (C=O) groups excluding carboxylic acids is 3. The molecule has 0 saturated heterocycles. The van der Waals surface area contributed by atoms with Gasteiger partial charge in [0, 0.05) is 17.1 Å². The molecule has 0 spiro atoms. The quantitative estimate of drug-likeness (QED) is 0.807. The van der Waals surface area contributed by atoms with Crippen LogP contribution in [0.5, 0.6) is 11.5 Å². The Morgan fingerprint density at radius 1 is 1.12 bits per heavy atom. The monoisotopic (exact) mass is 362 g/mol. The van der Waals surface area contributed by atoms with Crippen LogP contribution >= 0.6 is 11.3 Å². The second-order valence-electron chi connectivity index (χ2n) is 4.95. The number of anilines is 1. The van der Waals surface area contributed by atoms with E-state index >= 15 is 0 Å². The highest BCUT2D eigenvalue weighted by Gasteiger charge is 2.15. The van der Waals surface area contributed by atoms with Crippen LogP contribution in [0.1, 0.15) is 10.4 Å². The number of ether oxygens (including phenoxy) is 3. The number of carbonyl (C=O) groups is 3. The molecule has 25 heavy (non-hydrogen) atoms. The molecular weight excluding hydrogens is 348 g/mol. The van der Waals surface area contributed by atoms with Gasteiger partial charge in [-0.25, -0.2) is 9.59 Å². The van der Waals surface area contributed by atoms with Gasteiger partial charge >= 0.3 is 12.0 Å². The van der Waals surface area contributed by atoms with Gasteiger partial charge in [-0.15, -0.1) is 0 Å². The first-order valence-electron chi connectivity index (χ1n) is 7.31. The fraction of sp³-hybridized carbons (Fsp3) is 0.188. The third-order valence-corrected chi connectivity index (χ3v) is 3.83. The van der Waals surface area contributed by atoms with E-state index in [4.69, 9.17) is 14.2 Å². The van der Waals surface area contributed by atoms with Crippen molar-refractivity contribution in [2.45, 2.75) is 0 Å². The molecule has 0 aliphatic carbocycles. The number of thiophene rings is 1. The normalized spacial score (nSPS) is 12.2. The molecule has 3 rings (SSSR count). The molecule has 1 aromatic carbocycles. The molecule has 0 fully saturated rings. The number of nitrogens with one attached hydrogen (secondary N) is 2. The summed E-state index contributed by atoms with van der Waals surface area (Å²) in [7, 11) is 0. The van der Waals surface area contributed by atoms with Crippen LogP contribution in [0.25, 0.3) is 0 Å². The van der Waals surface area contributed by atoms with Crippen LogP contribution in [0.4, 0.5) is 10.5 Å². The van der Waals surface area contributed by atoms with E-state index in [1.165, 1.54) is 11.3 Å². The number of rotatable bonds is 4. The zero-order valence-electron chi connectivity index (χ0n) is 12.9. The van der Waals surface area contributed by atoms with Gasteiger partial charge in [0.1, 0.15) is 13.2 Å². The summed E-state index contributed by atoms with van der Waals surface area (Å²) in [4.78, 5) is 35.1. The second kappa shape index (κ2) is 7.67. The van der Waals surface area contributed by atoms with Gasteiger partial charge in [-0.05, 0) is 23.6 Å². The summed E-state index contributed by atoms with van der Waals surface area (Å²) in [5.41, 5.74) is 0.795. The minimum atomic E-state index is -0.742. The Morgan fingerprint density at radius 3 is 2.68 bits per heavy atom. The second-order valence-corrected chi connectivity index (χ2v) is 5.73. The number of benzene rings is 1. The van der Waals surface area contributed by atoms with Crippen molar-refractivity contribution in [2.75, 3.05) is 25.1 Å². The standard InChI is InChI=1S/C16H14N2O6S/c19-14(8-24-15(20)10-3-6-25-9-10)18-16(21)17-11-1-2-12-13(7-11)23-5-4-22-12/h1-3,6-7,9H,4-5,8H2,(H2,17,18,19,21). The third-order valence-electron chi connectivity index (χ3n) is 3.14. The average molecular weight is 362 g/mol. The molecule has 8 nitrogen and oxygen atoms in total. The van der Waals surface area contributed by atoms with Gasteiger partial charge in [0.2, 0.25) is 0 Å². The van der Waals surface area contributed by atoms with Crippen molar-refractivity contribution in [3.8, 4) is 11.5 Å². The van der Waals surface area contributed by atoms with Crippen LogP contribution in [-0.4, -0.2) is 37.7 Å². The molecule has 0 radical (unpaired) electrons. The Bertz CT molecular complexity index is 790. The van der Waals surface area contributed by atoms with Crippen LogP contribution in [0.3, 0.4) is 0 Å². The lowest BCUT2D eigenvalue weighted by Crippen LogP contribution is -2.37. The molecule has 1 aromatic heterocycles. The van der Waals surface area contributed by atoms with Crippen molar-refractivity contribution in [3.63, 3.8) is 0 Å². The van der Waals surface area contributed by atoms with Crippen molar-refractivity contribution in [2.24, 2.45) is 0 Å². The lowest BCUT2D eigenvalue weighted by atomic mass is 10.2. The lowest BCUT2D eigenvalue weighted by molar-refractivity contribution is -0.123. The van der Waals surface area contributed by atoms with Crippen molar-refractivity contribution >= 4 is 34.9 Å². The SMILES string of the molecule is O=C(COC(=O)c1ccsc1)NC(=O)Nc1ccc2c(c1)OCCO2. The summed E-state index contributed by atoms with van der Waals surface area (Å²) in [5.74, 6) is -0.254. The zero-order chi connectivity index (χ0) is 17.6. The maximum absolute atomic E-state index is 11.8. The van der Waals surface area contributed by atoms with Crippen LogP contribution < -0.4 is 20.1 Å². The largest absolute Gasteiger partial charge is 0.486 e. The van der Waals surface area contributed by atoms with E-state index < -0.39 is 24.5 Å². The molecule has 2 heterocycles. The van der Waals surface area contributed by atoms with E-state index in [1.807, 2.05) is 0 Å². The molecule has 0 saturated carbocycles. The molecule has 0 unspecified atom stereocenters. The lowest BCUT2D eigenvalue weighted by Gasteiger charge is -2.19. The van der Waals surface area contributed by atoms with E-state index in [0.29, 0.717) is 36.0 Å². The smallest absolute Gasteiger partial charge is 0.339 e. The molecule has 2 N–H and O–H groups in total. The Morgan fingerprint density at radius 2 is 1.92 bits per heavy atom. The molecule has 3 amide bonds. The van der Waals surface area contributed by atoms with Gasteiger partial charge in [-0.2, -0.15) is 11.3 Å². The maximum Gasteiger partial charge on any atom is 0.339 e. The first-order valence-corrected chi connectivity index (χ1v) is 8.26. The topological polar surface area (TPSA) is 103 Å². The van der Waals surface area contributed by atoms with Crippen LogP contribution in [0, 0.1) is 0 Å². The maximum atomic E-state index is 11.8. The number of hydrogen-bond acceptors (Lipinski definition) is 7. The van der Waals surface area contributed by atoms with Crippen LogP contribution in [0.2, 0.25) is 0 Å². The Hall–Kier alpha value is -3.07. The Balaban J connectivity index is 1.47. The first kappa shape index (κ1) is 16.8. The average Bonchev–Trinajstić information content (AvgIpc) is 3.14. The van der Waals surface area contributed by atoms with Gasteiger partial charge in [0.25, 0.3) is 5.91 Å². The fourth-order valence-corrected chi connectivity index (χ4v) is 2.67. The van der Waals surface area contributed by atoms with Crippen LogP contribution in [-0.2, 0) is 9.53 Å². The summed E-state index contributed by atoms with van der Waals surface area (Å²) in [6, 6.07) is 5.71. The molecular formula is C16H14N2O6S. The van der Waals surface area contributed by atoms with Crippen molar-refractivity contribution in [3.05, 3.63) is 40.6 Å². The minimum absolute atomic E-state index is 0.360. The van der Waals surface area contributed by atoms with Gasteiger partial charge in [-0.3, -0.25) is 10.1 Å². The predicted octanol–water partition coefficient (Wildman–Crippen LogP) is 2.02. The highest BCUT2D eigenvalue weighted by Crippen LogP contribution is 2.32. The first-order chi connectivity index (χ1) is 12.1. The zero-order valence-corrected chi connectivity index (χ0v) is 13.8. The van der Waals surface area contributed by atoms with Crippen molar-refractivity contribution in [1.82, 2.24) is 5.32 Å². The van der Waals surface area contributed by atoms with Gasteiger partial charge in [0.05, 0.1) is 5.56 Å². The van der Waals surface area contributed by atoms with Crippen LogP contribution in [0.15, 0.2) is 35.0 Å². The van der Waals surface area contributed by atoms with Crippen molar-refractivity contribution < 1.29 is 28.6 Å². The van der Waals surface area contributed by atoms with Gasteiger partial charge in [-0.1, -0.05) is 0 Å². The summed E-state index contributed by atoms with van der Waals surface area (Å²) in [6.45, 7) is 0.346. The van der Waals surface area contributed by atoms with Crippen molar-refractivity contribution in [1.29, 1.82) is 0 Å². The molecule has 0 atom stereocenters. The molecule has 1 aliphatic heterocycles. The van der Waals surface area contributed by atoms with E-state index in [1.54, 1.807) is 35.0 Å². The summed E-state index contributed by atoms with van der Waals surface area (Å²) < 4.78 is 15.6. The molecule has 2 aromatic rings. The number of amides is 3. The summed E-state index contributed by atoms with van der Waals surface area (Å²) in [5, 5.41) is 7.89. The fourth-order valence-electron chi connectivity index (χ4n) is 2.04. The van der Waals surface area contributed by atoms with E-state index in [9.17, 15) is 14.4 Å². The number of urea groups is 1. The predicted molar refractivity (Wildman–Crippen MR) is 89.2 cm³/mol.